The van der Waals surface area contributed by atoms with Gasteiger partial charge in [-0.2, -0.15) is 0 Å². The lowest BCUT2D eigenvalue weighted by Crippen LogP contribution is -2.30. The van der Waals surface area contributed by atoms with Crippen molar-refractivity contribution in [2.24, 2.45) is 0 Å². The molecule has 0 saturated heterocycles. The summed E-state index contributed by atoms with van der Waals surface area (Å²) in [4.78, 5) is 38.5. The van der Waals surface area contributed by atoms with Crippen LogP contribution in [-0.4, -0.2) is 37.2 Å². The highest BCUT2D eigenvalue weighted by molar-refractivity contribution is 5.71. The Hall–Kier alpha value is -3.93. The Labute approximate surface area is 514 Å². The number of carbonyl (C=O) groups excluding carboxylic acids is 3. The van der Waals surface area contributed by atoms with Crippen LogP contribution in [0.5, 0.6) is 0 Å². The van der Waals surface area contributed by atoms with Gasteiger partial charge in [-0.3, -0.25) is 14.4 Å². The second kappa shape index (κ2) is 70.6. The summed E-state index contributed by atoms with van der Waals surface area (Å²) in [6, 6.07) is 0. The normalized spacial score (nSPS) is 12.8. The molecule has 0 heterocycles. The van der Waals surface area contributed by atoms with Crippen molar-refractivity contribution in [1.82, 2.24) is 0 Å². The summed E-state index contributed by atoms with van der Waals surface area (Å²) in [5.74, 6) is -0.899. The second-order valence-corrected chi connectivity index (χ2v) is 23.4. The van der Waals surface area contributed by atoms with Crippen LogP contribution in [0.15, 0.2) is 109 Å². The molecule has 0 rings (SSSR count). The van der Waals surface area contributed by atoms with E-state index in [1.807, 2.05) is 0 Å². The number of unbranched alkanes of at least 4 members (excludes halogenated alkanes) is 35. The fraction of sp³-hybridized carbons (Fsp3) is 0.727. The Balaban J connectivity index is 4.34. The Morgan fingerprint density at radius 1 is 0.253 bits per heavy atom. The maximum atomic E-state index is 13.0. The number of esters is 3. The van der Waals surface area contributed by atoms with Crippen molar-refractivity contribution in [1.29, 1.82) is 0 Å². The van der Waals surface area contributed by atoms with Gasteiger partial charge in [0, 0.05) is 19.3 Å². The van der Waals surface area contributed by atoms with Crippen LogP contribution < -0.4 is 0 Å². The lowest BCUT2D eigenvalue weighted by atomic mass is 10.0. The smallest absolute Gasteiger partial charge is 0.306 e. The van der Waals surface area contributed by atoms with E-state index in [0.29, 0.717) is 19.3 Å². The molecule has 0 spiro atoms. The molecule has 0 saturated carbocycles. The maximum absolute atomic E-state index is 13.0. The van der Waals surface area contributed by atoms with E-state index in [0.717, 1.165) is 128 Å². The summed E-state index contributed by atoms with van der Waals surface area (Å²) in [5.41, 5.74) is 0. The zero-order valence-electron chi connectivity index (χ0n) is 54.7. The Morgan fingerprint density at radius 2 is 0.470 bits per heavy atom. The van der Waals surface area contributed by atoms with Gasteiger partial charge in [-0.1, -0.05) is 304 Å². The second-order valence-electron chi connectivity index (χ2n) is 23.4. The Bertz CT molecular complexity index is 1660. The largest absolute Gasteiger partial charge is 0.462 e. The molecule has 6 heteroatoms. The fourth-order valence-electron chi connectivity index (χ4n) is 9.94. The molecule has 0 aliphatic heterocycles. The molecular formula is C77H132O6. The van der Waals surface area contributed by atoms with E-state index in [9.17, 15) is 14.4 Å². The molecule has 0 aromatic carbocycles. The molecule has 476 valence electrons. The first kappa shape index (κ1) is 79.1. The van der Waals surface area contributed by atoms with E-state index in [-0.39, 0.29) is 31.1 Å². The molecule has 0 bridgehead atoms. The van der Waals surface area contributed by atoms with Crippen LogP contribution in [-0.2, 0) is 28.6 Å². The van der Waals surface area contributed by atoms with Gasteiger partial charge < -0.3 is 14.2 Å². The van der Waals surface area contributed by atoms with E-state index in [2.05, 4.69) is 130 Å². The zero-order chi connectivity index (χ0) is 59.9. The van der Waals surface area contributed by atoms with Gasteiger partial charge in [-0.05, 0) is 128 Å². The molecule has 0 aromatic heterocycles. The molecule has 0 amide bonds. The number of allylic oxidation sites excluding steroid dienone is 18. The maximum Gasteiger partial charge on any atom is 0.306 e. The highest BCUT2D eigenvalue weighted by Gasteiger charge is 2.19. The quantitative estimate of drug-likeness (QED) is 0.0261. The van der Waals surface area contributed by atoms with Gasteiger partial charge in [0.25, 0.3) is 0 Å². The standard InChI is InChI=1S/C77H132O6/c1-4-7-10-13-16-19-22-25-28-30-32-34-36-37-38-39-41-42-44-46-49-52-55-58-61-64-67-70-76(79)82-73-74(72-81-75(78)69-66-63-60-57-54-51-48-27-24-21-18-15-12-9-6-3)83-77(80)71-68-65-62-59-56-53-50-47-45-43-40-35-33-31-29-26-23-20-17-14-11-8-5-2/h8,11,17-18,20-22,25-27,29-30,32-33,35,43,45,48,74H,4-7,9-10,12-16,19,23-24,28,31,34,36-42,44,46-47,49-73H2,1-3H3/b11-8-,20-17-,21-18-,25-22-,29-26-,32-30-,35-33-,45-43-,48-27-. The molecular weight excluding hydrogens is 1020 g/mol. The van der Waals surface area contributed by atoms with Crippen molar-refractivity contribution < 1.29 is 28.6 Å². The molecule has 0 aliphatic rings. The van der Waals surface area contributed by atoms with Crippen molar-refractivity contribution in [2.75, 3.05) is 13.2 Å². The van der Waals surface area contributed by atoms with Crippen molar-refractivity contribution in [2.45, 2.75) is 348 Å². The van der Waals surface area contributed by atoms with E-state index < -0.39 is 6.10 Å². The van der Waals surface area contributed by atoms with Crippen molar-refractivity contribution in [3.63, 3.8) is 0 Å². The lowest BCUT2D eigenvalue weighted by Gasteiger charge is -2.18. The summed E-state index contributed by atoms with van der Waals surface area (Å²) in [5, 5.41) is 0. The predicted molar refractivity (Wildman–Crippen MR) is 362 cm³/mol. The average Bonchev–Trinajstić information content (AvgIpc) is 3.49. The van der Waals surface area contributed by atoms with Gasteiger partial charge >= 0.3 is 17.9 Å². The first-order chi connectivity index (χ1) is 41.0. The molecule has 1 atom stereocenters. The molecule has 0 aliphatic carbocycles. The summed E-state index contributed by atoms with van der Waals surface area (Å²) in [7, 11) is 0. The van der Waals surface area contributed by atoms with Gasteiger partial charge in [0.1, 0.15) is 13.2 Å². The van der Waals surface area contributed by atoms with Crippen LogP contribution in [0.3, 0.4) is 0 Å². The number of carbonyl (C=O) groups is 3. The minimum Gasteiger partial charge on any atom is -0.462 e. The van der Waals surface area contributed by atoms with Gasteiger partial charge in [-0.15, -0.1) is 0 Å². The van der Waals surface area contributed by atoms with Gasteiger partial charge in [0.05, 0.1) is 0 Å². The summed E-state index contributed by atoms with van der Waals surface area (Å²) >= 11 is 0. The topological polar surface area (TPSA) is 78.9 Å². The van der Waals surface area contributed by atoms with Crippen molar-refractivity contribution in [3.8, 4) is 0 Å². The van der Waals surface area contributed by atoms with Crippen molar-refractivity contribution in [3.05, 3.63) is 109 Å². The van der Waals surface area contributed by atoms with Crippen LogP contribution in [0.4, 0.5) is 0 Å². The van der Waals surface area contributed by atoms with Crippen LogP contribution >= 0.6 is 0 Å². The average molecular weight is 1150 g/mol. The highest BCUT2D eigenvalue weighted by atomic mass is 16.6. The minimum atomic E-state index is -0.794. The number of hydrogen-bond acceptors (Lipinski definition) is 6. The SMILES string of the molecule is CC/C=C\C/C=C\C/C=C\C/C=C\C/C=C\CCCCCCCCCC(=O)OC(COC(=O)CCCCCCC/C=C\C/C=C\CCCCC)COC(=O)CCCCCCCCCCCCCCCCC/C=C\C/C=C\CCCCCCC. The van der Waals surface area contributed by atoms with Crippen LogP contribution in [0.1, 0.15) is 342 Å². The molecule has 1 unspecified atom stereocenters. The summed E-state index contributed by atoms with van der Waals surface area (Å²) in [6.07, 6.45) is 96.8. The third-order valence-corrected chi connectivity index (χ3v) is 15.2. The van der Waals surface area contributed by atoms with E-state index >= 15 is 0 Å². The van der Waals surface area contributed by atoms with E-state index in [4.69, 9.17) is 14.2 Å². The molecule has 0 N–H and O–H groups in total. The van der Waals surface area contributed by atoms with Gasteiger partial charge in [0.15, 0.2) is 6.10 Å². The molecule has 0 aromatic rings. The summed E-state index contributed by atoms with van der Waals surface area (Å²) < 4.78 is 17.0. The molecule has 0 fully saturated rings. The van der Waals surface area contributed by atoms with Gasteiger partial charge in [-0.25, -0.2) is 0 Å². The predicted octanol–water partition coefficient (Wildman–Crippen LogP) is 24.6. The minimum absolute atomic E-state index is 0.0865. The number of hydrogen-bond donors (Lipinski definition) is 0. The number of rotatable bonds is 64. The lowest BCUT2D eigenvalue weighted by molar-refractivity contribution is -0.167. The zero-order valence-corrected chi connectivity index (χ0v) is 54.7. The van der Waals surface area contributed by atoms with Crippen LogP contribution in [0.25, 0.3) is 0 Å². The first-order valence-electron chi connectivity index (χ1n) is 35.4. The Morgan fingerprint density at radius 3 is 0.759 bits per heavy atom. The highest BCUT2D eigenvalue weighted by Crippen LogP contribution is 2.17. The van der Waals surface area contributed by atoms with E-state index in [1.165, 1.54) is 173 Å². The fourth-order valence-corrected chi connectivity index (χ4v) is 9.94. The Kier molecular flexibility index (Phi) is 67.2. The third-order valence-electron chi connectivity index (χ3n) is 15.2. The molecule has 6 nitrogen and oxygen atoms in total. The van der Waals surface area contributed by atoms with Gasteiger partial charge in [0.2, 0.25) is 0 Å². The van der Waals surface area contributed by atoms with Crippen LogP contribution in [0, 0.1) is 0 Å². The van der Waals surface area contributed by atoms with Crippen molar-refractivity contribution >= 4 is 17.9 Å². The monoisotopic (exact) mass is 1150 g/mol. The van der Waals surface area contributed by atoms with E-state index in [1.54, 1.807) is 0 Å². The first-order valence-corrected chi connectivity index (χ1v) is 35.4. The third kappa shape index (κ3) is 68.7. The van der Waals surface area contributed by atoms with Crippen LogP contribution in [0.2, 0.25) is 0 Å². The molecule has 0 radical (unpaired) electrons. The summed E-state index contributed by atoms with van der Waals surface area (Å²) in [6.45, 7) is 6.50. The molecule has 83 heavy (non-hydrogen) atoms. The number of ether oxygens (including phenoxy) is 3.